The number of aromatic nitrogens is 2. The van der Waals surface area contributed by atoms with Crippen LogP contribution in [0.1, 0.15) is 34.6 Å². The van der Waals surface area contributed by atoms with Crippen molar-refractivity contribution in [1.82, 2.24) is 18.9 Å². The Labute approximate surface area is 311 Å². The Morgan fingerprint density at radius 3 is 1.49 bits per heavy atom. The third-order valence-corrected chi connectivity index (χ3v) is 9.96. The van der Waals surface area contributed by atoms with Crippen molar-refractivity contribution < 1.29 is 23.3 Å². The molecule has 0 N–H and O–H groups in total. The number of para-hydroxylation sites is 4. The number of hydrogen-bond donors (Lipinski definition) is 0. The Morgan fingerprint density at radius 1 is 0.509 bits per heavy atom. The van der Waals surface area contributed by atoms with Gasteiger partial charge in [0, 0.05) is 66.8 Å². The van der Waals surface area contributed by atoms with E-state index < -0.39 is 0 Å². The first kappa shape index (κ1) is 36.2. The zero-order valence-electron chi connectivity index (χ0n) is 30.4. The molecule has 9 heteroatoms. The van der Waals surface area contributed by atoms with Gasteiger partial charge in [0.1, 0.15) is 17.3 Å². The second kappa shape index (κ2) is 17.6. The number of ether oxygens (including phenoxy) is 4. The van der Waals surface area contributed by atoms with Gasteiger partial charge >= 0.3 is 0 Å². The summed E-state index contributed by atoms with van der Waals surface area (Å²) in [4.78, 5) is 4.85. The molecule has 0 saturated carbocycles. The Morgan fingerprint density at radius 2 is 0.962 bits per heavy atom. The second-order valence-corrected chi connectivity index (χ2v) is 13.0. The van der Waals surface area contributed by atoms with Crippen LogP contribution < -0.4 is 9.47 Å². The third kappa shape index (κ3) is 8.09. The Balaban J connectivity index is 0.000000164. The summed E-state index contributed by atoms with van der Waals surface area (Å²) in [6.45, 7) is 6.33. The maximum Gasteiger partial charge on any atom is 0.147 e. The molecular formula is C44H47FN4O4. The van der Waals surface area contributed by atoms with Crippen molar-refractivity contribution in [3.8, 4) is 22.9 Å². The summed E-state index contributed by atoms with van der Waals surface area (Å²) in [5.74, 6) is 1.51. The molecule has 0 spiro atoms. The maximum atomic E-state index is 14.5. The summed E-state index contributed by atoms with van der Waals surface area (Å²) in [7, 11) is 3.43. The minimum Gasteiger partial charge on any atom is -0.496 e. The van der Waals surface area contributed by atoms with Crippen LogP contribution in [0.4, 0.5) is 4.39 Å². The molecule has 274 valence electrons. The van der Waals surface area contributed by atoms with E-state index in [2.05, 4.69) is 81.2 Å². The highest BCUT2D eigenvalue weighted by molar-refractivity contribution is 5.45. The third-order valence-electron chi connectivity index (χ3n) is 9.96. The van der Waals surface area contributed by atoms with E-state index in [1.807, 2.05) is 59.3 Å². The van der Waals surface area contributed by atoms with E-state index >= 15 is 0 Å². The number of morpholine rings is 2. The monoisotopic (exact) mass is 714 g/mol. The van der Waals surface area contributed by atoms with Crippen LogP contribution in [0.3, 0.4) is 0 Å². The van der Waals surface area contributed by atoms with Crippen LogP contribution in [0.2, 0.25) is 0 Å². The zero-order chi connectivity index (χ0) is 36.4. The van der Waals surface area contributed by atoms with Crippen molar-refractivity contribution in [2.24, 2.45) is 0 Å². The summed E-state index contributed by atoms with van der Waals surface area (Å²) in [6, 6.07) is 42.1. The van der Waals surface area contributed by atoms with Gasteiger partial charge in [0.15, 0.2) is 0 Å². The van der Waals surface area contributed by atoms with Gasteiger partial charge in [-0.15, -0.1) is 0 Å². The van der Waals surface area contributed by atoms with Crippen molar-refractivity contribution in [2.75, 3.05) is 66.8 Å². The smallest absolute Gasteiger partial charge is 0.147 e. The van der Waals surface area contributed by atoms with Crippen molar-refractivity contribution in [3.63, 3.8) is 0 Å². The molecule has 53 heavy (non-hydrogen) atoms. The molecule has 0 amide bonds. The molecule has 2 atom stereocenters. The van der Waals surface area contributed by atoms with Crippen molar-refractivity contribution in [2.45, 2.75) is 12.1 Å². The van der Waals surface area contributed by atoms with E-state index in [0.717, 1.165) is 62.1 Å². The average Bonchev–Trinajstić information content (AvgIpc) is 3.91. The summed E-state index contributed by atoms with van der Waals surface area (Å²) in [5.41, 5.74) is 6.21. The second-order valence-electron chi connectivity index (χ2n) is 13.0. The van der Waals surface area contributed by atoms with Gasteiger partial charge in [-0.05, 0) is 60.7 Å². The number of halogens is 1. The molecule has 2 fully saturated rings. The highest BCUT2D eigenvalue weighted by Crippen LogP contribution is 2.38. The fourth-order valence-electron chi connectivity index (χ4n) is 7.47. The number of rotatable bonds is 10. The lowest BCUT2D eigenvalue weighted by atomic mass is 10.00. The predicted octanol–water partition coefficient (Wildman–Crippen LogP) is 7.95. The quantitative estimate of drug-likeness (QED) is 0.144. The fraction of sp³-hybridized carbons (Fsp3) is 0.273. The number of benzene rings is 4. The molecule has 8 nitrogen and oxygen atoms in total. The molecule has 0 bridgehead atoms. The molecule has 6 aromatic rings. The van der Waals surface area contributed by atoms with E-state index in [1.165, 1.54) is 23.0 Å². The van der Waals surface area contributed by atoms with Gasteiger partial charge in [0.2, 0.25) is 0 Å². The molecule has 4 aromatic carbocycles. The van der Waals surface area contributed by atoms with Crippen molar-refractivity contribution >= 4 is 0 Å². The van der Waals surface area contributed by atoms with Gasteiger partial charge in [-0.1, -0.05) is 66.7 Å². The summed E-state index contributed by atoms with van der Waals surface area (Å²) in [6.07, 6.45) is 4.05. The van der Waals surface area contributed by atoms with Crippen LogP contribution in [-0.4, -0.2) is 85.8 Å². The Bertz CT molecular complexity index is 2030. The lowest BCUT2D eigenvalue weighted by molar-refractivity contribution is 0.0225. The first-order chi connectivity index (χ1) is 26.2. The molecule has 2 aliphatic rings. The molecule has 4 heterocycles. The molecule has 2 aliphatic heterocycles. The van der Waals surface area contributed by atoms with Gasteiger partial charge in [-0.2, -0.15) is 0 Å². The summed E-state index contributed by atoms with van der Waals surface area (Å²) in [5, 5.41) is 0. The number of hydrogen-bond acceptors (Lipinski definition) is 6. The molecule has 2 aromatic heterocycles. The molecule has 2 unspecified atom stereocenters. The fourth-order valence-corrected chi connectivity index (χ4v) is 7.47. The van der Waals surface area contributed by atoms with Crippen LogP contribution >= 0.6 is 0 Å². The van der Waals surface area contributed by atoms with E-state index in [4.69, 9.17) is 18.9 Å². The zero-order valence-corrected chi connectivity index (χ0v) is 30.4. The Kier molecular flexibility index (Phi) is 12.0. The highest BCUT2D eigenvalue weighted by Gasteiger charge is 2.31. The van der Waals surface area contributed by atoms with Crippen molar-refractivity contribution in [3.05, 3.63) is 168 Å². The van der Waals surface area contributed by atoms with Crippen LogP contribution in [0.5, 0.6) is 11.5 Å². The van der Waals surface area contributed by atoms with E-state index in [1.54, 1.807) is 26.4 Å². The predicted molar refractivity (Wildman–Crippen MR) is 206 cm³/mol. The topological polar surface area (TPSA) is 53.3 Å². The van der Waals surface area contributed by atoms with Gasteiger partial charge in [0.05, 0.1) is 58.4 Å². The molecule has 0 aliphatic carbocycles. The number of methoxy groups -OCH3 is 2. The van der Waals surface area contributed by atoms with Crippen LogP contribution in [0.15, 0.2) is 140 Å². The first-order valence-electron chi connectivity index (χ1n) is 18.2. The standard InChI is InChI=1S/C22H23FN2O2.C22H24N2O2/c1-26-21-11-5-2-7-17(21)22(24-13-15-27-16-14-24)20-10-6-12-25(20)19-9-4-3-8-18(19)23;1-25-21-12-6-5-10-19(21)22(23-14-16-26-17-15-23)20-11-7-13-24(20)18-8-3-2-4-9-18/h2-12,22H,13-16H2,1H3;2-13,22H,14-17H2,1H3. The van der Waals surface area contributed by atoms with Gasteiger partial charge in [0.25, 0.3) is 0 Å². The molecule has 2 saturated heterocycles. The molecule has 8 rings (SSSR count). The van der Waals surface area contributed by atoms with Gasteiger partial charge in [-0.25, -0.2) is 4.39 Å². The Hall–Kier alpha value is -5.19. The average molecular weight is 715 g/mol. The SMILES string of the molecule is COc1ccccc1C(c1cccn1-c1ccccc1)N1CCOCC1.COc1ccccc1C(c1cccn1-c1ccccc1F)N1CCOCC1. The maximum absolute atomic E-state index is 14.5. The van der Waals surface area contributed by atoms with Gasteiger partial charge < -0.3 is 28.1 Å². The molecular weight excluding hydrogens is 668 g/mol. The number of nitrogens with zero attached hydrogens (tertiary/aromatic N) is 4. The normalized spacial score (nSPS) is 16.3. The van der Waals surface area contributed by atoms with Crippen LogP contribution in [0, 0.1) is 5.82 Å². The lowest BCUT2D eigenvalue weighted by Gasteiger charge is -2.36. The van der Waals surface area contributed by atoms with E-state index in [9.17, 15) is 4.39 Å². The summed E-state index contributed by atoms with van der Waals surface area (Å²) >= 11 is 0. The molecule has 0 radical (unpaired) electrons. The largest absolute Gasteiger partial charge is 0.496 e. The van der Waals surface area contributed by atoms with E-state index in [0.29, 0.717) is 18.9 Å². The van der Waals surface area contributed by atoms with Crippen molar-refractivity contribution in [1.29, 1.82) is 0 Å². The first-order valence-corrected chi connectivity index (χ1v) is 18.2. The van der Waals surface area contributed by atoms with E-state index in [-0.39, 0.29) is 17.9 Å². The van der Waals surface area contributed by atoms with Crippen LogP contribution in [-0.2, 0) is 9.47 Å². The van der Waals surface area contributed by atoms with Gasteiger partial charge in [-0.3, -0.25) is 9.80 Å². The lowest BCUT2D eigenvalue weighted by Crippen LogP contribution is -2.40. The highest BCUT2D eigenvalue weighted by atomic mass is 19.1. The summed E-state index contributed by atoms with van der Waals surface area (Å²) < 4.78 is 41.2. The minimum atomic E-state index is -0.240. The minimum absolute atomic E-state index is 0.0559. The van der Waals surface area contributed by atoms with Crippen LogP contribution in [0.25, 0.3) is 11.4 Å².